The summed E-state index contributed by atoms with van der Waals surface area (Å²) < 4.78 is 0. The number of guanidine groups is 1. The van der Waals surface area contributed by atoms with Crippen LogP contribution >= 0.6 is 35.3 Å². The molecule has 1 amide bonds. The van der Waals surface area contributed by atoms with E-state index in [-0.39, 0.29) is 35.8 Å². The molecular weight excluding hydrogens is 521 g/mol. The number of thiazole rings is 1. The van der Waals surface area contributed by atoms with Crippen LogP contribution in [-0.4, -0.2) is 23.4 Å². The molecule has 1 heterocycles. The van der Waals surface area contributed by atoms with Gasteiger partial charge in [0.25, 0.3) is 0 Å². The third-order valence-electron chi connectivity index (χ3n) is 5.35. The van der Waals surface area contributed by atoms with E-state index in [0.29, 0.717) is 13.1 Å². The first-order chi connectivity index (χ1) is 14.5. The Morgan fingerprint density at radius 1 is 1.19 bits per heavy atom. The maximum absolute atomic E-state index is 12.5. The topological polar surface area (TPSA) is 78.4 Å². The quantitative estimate of drug-likeness (QED) is 0.251. The largest absolute Gasteiger partial charge is 0.357 e. The number of nitrogens with zero attached hydrogens (tertiary/aromatic N) is 2. The summed E-state index contributed by atoms with van der Waals surface area (Å²) in [6.07, 6.45) is 5.58. The van der Waals surface area contributed by atoms with Gasteiger partial charge in [-0.3, -0.25) is 4.79 Å². The van der Waals surface area contributed by atoms with E-state index >= 15 is 0 Å². The molecule has 0 aliphatic heterocycles. The van der Waals surface area contributed by atoms with Gasteiger partial charge in [-0.1, -0.05) is 31.4 Å². The molecule has 1 aliphatic carbocycles. The minimum absolute atomic E-state index is 0. The molecule has 3 N–H and O–H groups in total. The third kappa shape index (κ3) is 8.07. The number of aryl methyl sites for hydroxylation is 2. The molecule has 0 radical (unpaired) electrons. The molecule has 3 rings (SSSR count). The predicted molar refractivity (Wildman–Crippen MR) is 140 cm³/mol. The lowest BCUT2D eigenvalue weighted by Crippen LogP contribution is -2.36. The Hall–Kier alpha value is -1.68. The predicted octanol–water partition coefficient (Wildman–Crippen LogP) is 5.15. The van der Waals surface area contributed by atoms with Gasteiger partial charge in [-0.15, -0.1) is 35.3 Å². The molecule has 1 aliphatic rings. The van der Waals surface area contributed by atoms with E-state index in [1.165, 1.54) is 11.3 Å². The highest BCUT2D eigenvalue weighted by Crippen LogP contribution is 2.25. The Morgan fingerprint density at radius 3 is 2.65 bits per heavy atom. The van der Waals surface area contributed by atoms with E-state index < -0.39 is 0 Å². The van der Waals surface area contributed by atoms with Crippen LogP contribution in [0.25, 0.3) is 0 Å². The fraction of sp³-hybridized carbons (Fsp3) is 0.522. The van der Waals surface area contributed by atoms with Crippen LogP contribution in [-0.2, 0) is 17.9 Å². The van der Waals surface area contributed by atoms with E-state index in [1.54, 1.807) is 11.3 Å². The first kappa shape index (κ1) is 25.6. The molecule has 1 fully saturated rings. The number of benzene rings is 1. The number of hydrogen-bond acceptors (Lipinski definition) is 4. The zero-order valence-electron chi connectivity index (χ0n) is 18.7. The van der Waals surface area contributed by atoms with Crippen LogP contribution in [0.3, 0.4) is 0 Å². The van der Waals surface area contributed by atoms with E-state index in [0.717, 1.165) is 60.1 Å². The van der Waals surface area contributed by atoms with Gasteiger partial charge in [0.1, 0.15) is 0 Å². The van der Waals surface area contributed by atoms with Crippen molar-refractivity contribution in [2.24, 2.45) is 10.9 Å². The number of nitrogens with one attached hydrogen (secondary N) is 3. The molecule has 0 atom stereocenters. The van der Waals surface area contributed by atoms with E-state index in [2.05, 4.69) is 27.9 Å². The summed E-state index contributed by atoms with van der Waals surface area (Å²) in [6.45, 7) is 8.17. The first-order valence-electron chi connectivity index (χ1n) is 10.9. The Kier molecular flexibility index (Phi) is 10.7. The number of anilines is 1. The third-order valence-corrected chi connectivity index (χ3v) is 6.42. The van der Waals surface area contributed by atoms with Crippen LogP contribution in [0.5, 0.6) is 0 Å². The molecule has 1 saturated carbocycles. The molecular formula is C23H34IN5OS. The monoisotopic (exact) mass is 555 g/mol. The molecule has 1 aromatic carbocycles. The van der Waals surface area contributed by atoms with Crippen LogP contribution in [0.15, 0.2) is 29.3 Å². The fourth-order valence-electron chi connectivity index (χ4n) is 3.77. The number of amides is 1. The fourth-order valence-corrected chi connectivity index (χ4v) is 4.65. The molecule has 0 unspecified atom stereocenters. The highest BCUT2D eigenvalue weighted by molar-refractivity contribution is 14.0. The number of hydrogen-bond donors (Lipinski definition) is 3. The lowest BCUT2D eigenvalue weighted by atomic mass is 9.88. The van der Waals surface area contributed by atoms with Crippen LogP contribution in [0.4, 0.5) is 5.69 Å². The summed E-state index contributed by atoms with van der Waals surface area (Å²) in [5.41, 5.74) is 2.99. The first-order valence-corrected chi connectivity index (χ1v) is 11.7. The van der Waals surface area contributed by atoms with Crippen LogP contribution < -0.4 is 16.0 Å². The number of carbonyl (C=O) groups is 1. The normalized spacial score (nSPS) is 14.6. The molecule has 0 bridgehead atoms. The smallest absolute Gasteiger partial charge is 0.227 e. The van der Waals surface area contributed by atoms with Crippen molar-refractivity contribution in [1.82, 2.24) is 15.6 Å². The average molecular weight is 556 g/mol. The second kappa shape index (κ2) is 13.0. The summed E-state index contributed by atoms with van der Waals surface area (Å²) >= 11 is 1.71. The van der Waals surface area contributed by atoms with Gasteiger partial charge in [0.2, 0.25) is 5.91 Å². The summed E-state index contributed by atoms with van der Waals surface area (Å²) in [4.78, 5) is 22.9. The summed E-state index contributed by atoms with van der Waals surface area (Å²) in [5, 5.41) is 10.9. The van der Waals surface area contributed by atoms with Gasteiger partial charge < -0.3 is 16.0 Å². The Balaban J connectivity index is 0.00000341. The van der Waals surface area contributed by atoms with Crippen LogP contribution in [0, 0.1) is 19.8 Å². The van der Waals surface area contributed by atoms with E-state index in [4.69, 9.17) is 4.99 Å². The summed E-state index contributed by atoms with van der Waals surface area (Å²) in [5.74, 6) is 1.09. The zero-order valence-corrected chi connectivity index (χ0v) is 21.8. The maximum Gasteiger partial charge on any atom is 0.227 e. The Labute approximate surface area is 206 Å². The summed E-state index contributed by atoms with van der Waals surface area (Å²) in [7, 11) is 0. The summed E-state index contributed by atoms with van der Waals surface area (Å²) in [6, 6.07) is 7.99. The molecule has 170 valence electrons. The van der Waals surface area contributed by atoms with Gasteiger partial charge in [-0.05, 0) is 51.3 Å². The maximum atomic E-state index is 12.5. The van der Waals surface area contributed by atoms with Crippen molar-refractivity contribution >= 4 is 52.9 Å². The number of rotatable bonds is 7. The number of carbonyl (C=O) groups excluding carboxylic acids is 1. The van der Waals surface area contributed by atoms with E-state index in [9.17, 15) is 4.79 Å². The molecule has 1 aromatic heterocycles. The lowest BCUT2D eigenvalue weighted by molar-refractivity contribution is -0.120. The lowest BCUT2D eigenvalue weighted by Gasteiger charge is -2.20. The SMILES string of the molecule is CCNC(=NCc1cccc(NC(=O)C2CCCCC2)c1)NCc1sc(C)nc1C.I. The minimum Gasteiger partial charge on any atom is -0.357 e. The molecule has 8 heteroatoms. The Morgan fingerprint density at radius 2 is 1.97 bits per heavy atom. The van der Waals surface area contributed by atoms with Gasteiger partial charge >= 0.3 is 0 Å². The van der Waals surface area contributed by atoms with Crippen molar-refractivity contribution in [3.8, 4) is 0 Å². The second-order valence-electron chi connectivity index (χ2n) is 7.81. The van der Waals surface area contributed by atoms with Gasteiger partial charge in [0.15, 0.2) is 5.96 Å². The average Bonchev–Trinajstić information content (AvgIpc) is 3.08. The van der Waals surface area contributed by atoms with Crippen molar-refractivity contribution in [3.05, 3.63) is 45.4 Å². The minimum atomic E-state index is 0. The zero-order chi connectivity index (χ0) is 21.3. The van der Waals surface area contributed by atoms with Gasteiger partial charge in [0.05, 0.1) is 23.8 Å². The molecule has 0 spiro atoms. The van der Waals surface area contributed by atoms with Crippen LogP contribution in [0.2, 0.25) is 0 Å². The molecule has 31 heavy (non-hydrogen) atoms. The highest BCUT2D eigenvalue weighted by Gasteiger charge is 2.21. The second-order valence-corrected chi connectivity index (χ2v) is 9.10. The van der Waals surface area contributed by atoms with Gasteiger partial charge in [-0.25, -0.2) is 9.98 Å². The molecule has 0 saturated heterocycles. The highest BCUT2D eigenvalue weighted by atomic mass is 127. The van der Waals surface area contributed by atoms with Crippen LogP contribution in [0.1, 0.15) is 60.2 Å². The van der Waals surface area contributed by atoms with Crippen molar-refractivity contribution in [3.63, 3.8) is 0 Å². The van der Waals surface area contributed by atoms with E-state index in [1.807, 2.05) is 38.1 Å². The number of aliphatic imine (C=N–C) groups is 1. The van der Waals surface area contributed by atoms with Gasteiger partial charge in [0, 0.05) is 23.0 Å². The van der Waals surface area contributed by atoms with Crippen molar-refractivity contribution in [2.75, 3.05) is 11.9 Å². The van der Waals surface area contributed by atoms with Crippen molar-refractivity contribution in [2.45, 2.75) is 66.0 Å². The molecule has 2 aromatic rings. The van der Waals surface area contributed by atoms with Crippen molar-refractivity contribution < 1.29 is 4.79 Å². The number of aromatic nitrogens is 1. The standard InChI is InChI=1S/C23H33N5OS.HI/c1-4-24-23(26-15-21-16(2)27-17(3)30-21)25-14-18-9-8-12-20(13-18)28-22(29)19-10-6-5-7-11-19;/h8-9,12-13,19H,4-7,10-11,14-15H2,1-3H3,(H,28,29)(H2,24,25,26);1H. The number of halogens is 1. The Bertz CT molecular complexity index is 877. The van der Waals surface area contributed by atoms with Crippen molar-refractivity contribution in [1.29, 1.82) is 0 Å². The molecule has 6 nitrogen and oxygen atoms in total. The van der Waals surface area contributed by atoms with Gasteiger partial charge in [-0.2, -0.15) is 0 Å².